The fourth-order valence-electron chi connectivity index (χ4n) is 2.42. The van der Waals surface area contributed by atoms with Crippen molar-refractivity contribution >= 4 is 0 Å². The number of rotatable bonds is 5. The van der Waals surface area contributed by atoms with E-state index < -0.39 is 0 Å². The molecule has 2 unspecified atom stereocenters. The maximum absolute atomic E-state index is 5.86. The molecule has 0 aliphatic carbocycles. The van der Waals surface area contributed by atoms with Crippen LogP contribution in [0, 0.1) is 5.92 Å². The SMILES string of the molecule is CCCN1CCOC(C(NC)C(C)C)C1. The minimum atomic E-state index is 0.357. The molecule has 1 rings (SSSR count). The quantitative estimate of drug-likeness (QED) is 0.747. The predicted octanol–water partition coefficient (Wildman–Crippen LogP) is 1.34. The van der Waals surface area contributed by atoms with Crippen molar-refractivity contribution in [1.82, 2.24) is 10.2 Å². The van der Waals surface area contributed by atoms with Gasteiger partial charge in [-0.15, -0.1) is 0 Å². The Morgan fingerprint density at radius 2 is 2.20 bits per heavy atom. The van der Waals surface area contributed by atoms with Crippen LogP contribution in [0.5, 0.6) is 0 Å². The zero-order valence-corrected chi connectivity index (χ0v) is 10.6. The molecular formula is C12H26N2O. The molecule has 90 valence electrons. The number of nitrogens with zero attached hydrogens (tertiary/aromatic N) is 1. The van der Waals surface area contributed by atoms with Gasteiger partial charge in [0.1, 0.15) is 0 Å². The summed E-state index contributed by atoms with van der Waals surface area (Å²) < 4.78 is 5.86. The van der Waals surface area contributed by atoms with Gasteiger partial charge in [0, 0.05) is 19.1 Å². The highest BCUT2D eigenvalue weighted by molar-refractivity contribution is 4.84. The third-order valence-corrected chi connectivity index (χ3v) is 3.17. The standard InChI is InChI=1S/C12H26N2O/c1-5-6-14-7-8-15-11(9-14)12(13-4)10(2)3/h10-13H,5-9H2,1-4H3. The van der Waals surface area contributed by atoms with Crippen molar-refractivity contribution in [3.8, 4) is 0 Å². The normalized spacial score (nSPS) is 25.8. The predicted molar refractivity (Wildman–Crippen MR) is 64.2 cm³/mol. The van der Waals surface area contributed by atoms with Crippen molar-refractivity contribution in [2.45, 2.75) is 39.3 Å². The molecule has 0 saturated carbocycles. The second-order valence-corrected chi connectivity index (χ2v) is 4.77. The van der Waals surface area contributed by atoms with Gasteiger partial charge in [0.2, 0.25) is 0 Å². The minimum Gasteiger partial charge on any atom is -0.374 e. The molecule has 0 amide bonds. The average Bonchev–Trinajstić information content (AvgIpc) is 2.19. The van der Waals surface area contributed by atoms with Gasteiger partial charge in [-0.2, -0.15) is 0 Å². The van der Waals surface area contributed by atoms with Gasteiger partial charge in [0.25, 0.3) is 0 Å². The molecule has 3 heteroatoms. The van der Waals surface area contributed by atoms with E-state index in [1.807, 2.05) is 7.05 Å². The van der Waals surface area contributed by atoms with E-state index in [1.54, 1.807) is 0 Å². The van der Waals surface area contributed by atoms with Crippen LogP contribution < -0.4 is 5.32 Å². The van der Waals surface area contributed by atoms with E-state index in [-0.39, 0.29) is 0 Å². The number of ether oxygens (including phenoxy) is 1. The Labute approximate surface area is 94.2 Å². The first-order valence-electron chi connectivity index (χ1n) is 6.20. The number of hydrogen-bond acceptors (Lipinski definition) is 3. The molecule has 1 aliphatic rings. The van der Waals surface area contributed by atoms with E-state index >= 15 is 0 Å². The monoisotopic (exact) mass is 214 g/mol. The maximum atomic E-state index is 5.86. The van der Waals surface area contributed by atoms with Crippen LogP contribution in [-0.4, -0.2) is 50.3 Å². The molecule has 0 spiro atoms. The van der Waals surface area contributed by atoms with Gasteiger partial charge in [-0.3, -0.25) is 4.90 Å². The molecule has 1 fully saturated rings. The zero-order valence-electron chi connectivity index (χ0n) is 10.6. The summed E-state index contributed by atoms with van der Waals surface area (Å²) in [7, 11) is 2.03. The molecule has 15 heavy (non-hydrogen) atoms. The molecule has 3 nitrogen and oxygen atoms in total. The van der Waals surface area contributed by atoms with Gasteiger partial charge in [-0.1, -0.05) is 20.8 Å². The summed E-state index contributed by atoms with van der Waals surface area (Å²) in [5.74, 6) is 0.626. The molecule has 1 heterocycles. The van der Waals surface area contributed by atoms with Gasteiger partial charge in [-0.25, -0.2) is 0 Å². The summed E-state index contributed by atoms with van der Waals surface area (Å²) >= 11 is 0. The van der Waals surface area contributed by atoms with Crippen LogP contribution >= 0.6 is 0 Å². The summed E-state index contributed by atoms with van der Waals surface area (Å²) in [5.41, 5.74) is 0. The summed E-state index contributed by atoms with van der Waals surface area (Å²) in [4.78, 5) is 2.51. The van der Waals surface area contributed by atoms with Crippen LogP contribution in [0.15, 0.2) is 0 Å². The molecule has 1 aliphatic heterocycles. The second kappa shape index (κ2) is 6.46. The van der Waals surface area contributed by atoms with E-state index in [4.69, 9.17) is 4.74 Å². The Kier molecular flexibility index (Phi) is 5.58. The smallest absolute Gasteiger partial charge is 0.0857 e. The molecule has 0 radical (unpaired) electrons. The van der Waals surface area contributed by atoms with Crippen molar-refractivity contribution in [1.29, 1.82) is 0 Å². The Balaban J connectivity index is 2.46. The van der Waals surface area contributed by atoms with Gasteiger partial charge in [-0.05, 0) is 25.9 Å². The second-order valence-electron chi connectivity index (χ2n) is 4.77. The van der Waals surface area contributed by atoms with Crippen LogP contribution in [0.25, 0.3) is 0 Å². The highest BCUT2D eigenvalue weighted by Crippen LogP contribution is 2.14. The van der Waals surface area contributed by atoms with E-state index in [9.17, 15) is 0 Å². The molecule has 0 aromatic carbocycles. The molecule has 1 N–H and O–H groups in total. The van der Waals surface area contributed by atoms with Crippen molar-refractivity contribution < 1.29 is 4.74 Å². The third kappa shape index (κ3) is 3.74. The first-order valence-corrected chi connectivity index (χ1v) is 6.20. The molecule has 0 bridgehead atoms. The fourth-order valence-corrected chi connectivity index (χ4v) is 2.42. The molecular weight excluding hydrogens is 188 g/mol. The Morgan fingerprint density at radius 3 is 2.73 bits per heavy atom. The third-order valence-electron chi connectivity index (χ3n) is 3.17. The average molecular weight is 214 g/mol. The van der Waals surface area contributed by atoms with E-state index in [2.05, 4.69) is 31.0 Å². The Morgan fingerprint density at radius 1 is 1.47 bits per heavy atom. The lowest BCUT2D eigenvalue weighted by Gasteiger charge is -2.38. The first kappa shape index (κ1) is 12.9. The summed E-state index contributed by atoms with van der Waals surface area (Å²) in [6, 6.07) is 0.477. The number of nitrogens with one attached hydrogen (secondary N) is 1. The Hall–Kier alpha value is -0.120. The minimum absolute atomic E-state index is 0.357. The lowest BCUT2D eigenvalue weighted by atomic mass is 9.97. The number of morpholine rings is 1. The highest BCUT2D eigenvalue weighted by Gasteiger charge is 2.28. The molecule has 0 aromatic heterocycles. The maximum Gasteiger partial charge on any atom is 0.0857 e. The van der Waals surface area contributed by atoms with E-state index in [1.165, 1.54) is 13.0 Å². The van der Waals surface area contributed by atoms with Crippen LogP contribution in [0.3, 0.4) is 0 Å². The molecule has 2 atom stereocenters. The largest absolute Gasteiger partial charge is 0.374 e. The summed E-state index contributed by atoms with van der Waals surface area (Å²) in [6.07, 6.45) is 1.59. The van der Waals surface area contributed by atoms with Crippen molar-refractivity contribution in [3.05, 3.63) is 0 Å². The van der Waals surface area contributed by atoms with Crippen molar-refractivity contribution in [3.63, 3.8) is 0 Å². The van der Waals surface area contributed by atoms with Crippen molar-refractivity contribution in [2.75, 3.05) is 33.3 Å². The van der Waals surface area contributed by atoms with E-state index in [0.717, 1.165) is 19.7 Å². The van der Waals surface area contributed by atoms with Crippen molar-refractivity contribution in [2.24, 2.45) is 5.92 Å². The van der Waals surface area contributed by atoms with Gasteiger partial charge < -0.3 is 10.1 Å². The summed E-state index contributed by atoms with van der Waals surface area (Å²) in [5, 5.41) is 3.38. The zero-order chi connectivity index (χ0) is 11.3. The van der Waals surface area contributed by atoms with Crippen LogP contribution in [0.1, 0.15) is 27.2 Å². The van der Waals surface area contributed by atoms with Crippen LogP contribution in [-0.2, 0) is 4.74 Å². The fraction of sp³-hybridized carbons (Fsp3) is 1.00. The Bertz CT molecular complexity index is 171. The number of hydrogen-bond donors (Lipinski definition) is 1. The molecule has 1 saturated heterocycles. The van der Waals surface area contributed by atoms with Gasteiger partial charge >= 0.3 is 0 Å². The highest BCUT2D eigenvalue weighted by atomic mass is 16.5. The van der Waals surface area contributed by atoms with Crippen LogP contribution in [0.2, 0.25) is 0 Å². The van der Waals surface area contributed by atoms with Gasteiger partial charge in [0.15, 0.2) is 0 Å². The molecule has 0 aromatic rings. The first-order chi connectivity index (χ1) is 7.19. The lowest BCUT2D eigenvalue weighted by molar-refractivity contribution is -0.0525. The van der Waals surface area contributed by atoms with E-state index in [0.29, 0.717) is 18.1 Å². The number of likely N-dealkylation sites (N-methyl/N-ethyl adjacent to an activating group) is 1. The topological polar surface area (TPSA) is 24.5 Å². The lowest BCUT2D eigenvalue weighted by Crippen LogP contribution is -2.53. The van der Waals surface area contributed by atoms with Crippen LogP contribution in [0.4, 0.5) is 0 Å². The summed E-state index contributed by atoms with van der Waals surface area (Å²) in [6.45, 7) is 11.0. The van der Waals surface area contributed by atoms with Gasteiger partial charge in [0.05, 0.1) is 12.7 Å².